The van der Waals surface area contributed by atoms with Crippen molar-refractivity contribution >= 4 is 23.4 Å². The average molecular weight is 349 g/mol. The molecule has 134 valence electrons. The first-order valence-corrected chi connectivity index (χ1v) is 10.4. The zero-order valence-corrected chi connectivity index (χ0v) is 16.3. The molecule has 2 N–H and O–H groups in total. The molecular weight excluding hydrogens is 316 g/mol. The standard InChI is InChI=1S/C19H32N4S/c1-5-20-19(21-14-15(2)24-4)22-16(3)17-9-8-10-18(13-17)23-11-6-7-12-23/h8-10,13,15-16H,5-7,11-12,14H2,1-4H3,(H2,20,21,22). The normalized spacial score (nSPS) is 17.7. The van der Waals surface area contributed by atoms with Gasteiger partial charge < -0.3 is 15.5 Å². The van der Waals surface area contributed by atoms with Crippen molar-refractivity contribution in [3.8, 4) is 0 Å². The van der Waals surface area contributed by atoms with Crippen molar-refractivity contribution in [2.45, 2.75) is 44.9 Å². The molecule has 0 spiro atoms. The molecule has 2 rings (SSSR count). The van der Waals surface area contributed by atoms with Crippen LogP contribution in [0.15, 0.2) is 29.3 Å². The Balaban J connectivity index is 2.03. The first-order valence-electron chi connectivity index (χ1n) is 9.06. The lowest BCUT2D eigenvalue weighted by molar-refractivity contribution is 0.685. The molecule has 0 aliphatic carbocycles. The van der Waals surface area contributed by atoms with Crippen molar-refractivity contribution in [1.82, 2.24) is 10.6 Å². The Labute approximate surface area is 151 Å². The van der Waals surface area contributed by atoms with Crippen LogP contribution in [0.5, 0.6) is 0 Å². The van der Waals surface area contributed by atoms with Crippen LogP contribution in [0.4, 0.5) is 5.69 Å². The number of benzene rings is 1. The summed E-state index contributed by atoms with van der Waals surface area (Å²) in [4.78, 5) is 7.19. The lowest BCUT2D eigenvalue weighted by Gasteiger charge is -2.22. The van der Waals surface area contributed by atoms with Gasteiger partial charge in [0.25, 0.3) is 0 Å². The molecule has 1 heterocycles. The molecule has 24 heavy (non-hydrogen) atoms. The van der Waals surface area contributed by atoms with Crippen molar-refractivity contribution in [3.05, 3.63) is 29.8 Å². The molecule has 2 unspecified atom stereocenters. The number of rotatable bonds is 7. The van der Waals surface area contributed by atoms with E-state index < -0.39 is 0 Å². The summed E-state index contributed by atoms with van der Waals surface area (Å²) in [7, 11) is 0. The number of anilines is 1. The molecule has 0 saturated carbocycles. The zero-order valence-electron chi connectivity index (χ0n) is 15.5. The number of aliphatic imine (C=N–C) groups is 1. The smallest absolute Gasteiger partial charge is 0.191 e. The number of guanidine groups is 1. The third-order valence-electron chi connectivity index (χ3n) is 4.45. The van der Waals surface area contributed by atoms with E-state index in [9.17, 15) is 0 Å². The Morgan fingerprint density at radius 1 is 1.29 bits per heavy atom. The molecule has 0 amide bonds. The second kappa shape index (κ2) is 9.82. The van der Waals surface area contributed by atoms with Gasteiger partial charge in [-0.05, 0) is 50.6 Å². The van der Waals surface area contributed by atoms with Crippen molar-refractivity contribution < 1.29 is 0 Å². The van der Waals surface area contributed by atoms with Crippen molar-refractivity contribution in [2.24, 2.45) is 4.99 Å². The van der Waals surface area contributed by atoms with Gasteiger partial charge in [-0.15, -0.1) is 0 Å². The Morgan fingerprint density at radius 3 is 2.71 bits per heavy atom. The van der Waals surface area contributed by atoms with E-state index in [0.717, 1.165) is 19.0 Å². The number of thioether (sulfide) groups is 1. The lowest BCUT2D eigenvalue weighted by Crippen LogP contribution is -2.39. The quantitative estimate of drug-likeness (QED) is 0.583. The number of hydrogen-bond donors (Lipinski definition) is 2. The van der Waals surface area contributed by atoms with Gasteiger partial charge in [-0.3, -0.25) is 4.99 Å². The van der Waals surface area contributed by atoms with Gasteiger partial charge in [0.1, 0.15) is 0 Å². The number of hydrogen-bond acceptors (Lipinski definition) is 3. The summed E-state index contributed by atoms with van der Waals surface area (Å²) in [6, 6.07) is 9.14. The highest BCUT2D eigenvalue weighted by Crippen LogP contribution is 2.23. The number of nitrogens with one attached hydrogen (secondary N) is 2. The highest BCUT2D eigenvalue weighted by Gasteiger charge is 2.14. The fourth-order valence-electron chi connectivity index (χ4n) is 2.87. The fourth-order valence-corrected chi connectivity index (χ4v) is 3.09. The number of nitrogens with zero attached hydrogens (tertiary/aromatic N) is 2. The van der Waals surface area contributed by atoms with Gasteiger partial charge in [0.2, 0.25) is 0 Å². The van der Waals surface area contributed by atoms with Crippen LogP contribution in [-0.2, 0) is 0 Å². The van der Waals surface area contributed by atoms with Crippen LogP contribution in [0, 0.1) is 0 Å². The van der Waals surface area contributed by atoms with Crippen LogP contribution in [0.25, 0.3) is 0 Å². The van der Waals surface area contributed by atoms with E-state index >= 15 is 0 Å². The molecule has 1 aromatic rings. The summed E-state index contributed by atoms with van der Waals surface area (Å²) in [6.45, 7) is 10.6. The predicted molar refractivity (Wildman–Crippen MR) is 108 cm³/mol. The molecule has 1 fully saturated rings. The van der Waals surface area contributed by atoms with Gasteiger partial charge in [0.15, 0.2) is 5.96 Å². The van der Waals surface area contributed by atoms with Crippen LogP contribution >= 0.6 is 11.8 Å². The van der Waals surface area contributed by atoms with E-state index in [1.165, 1.54) is 37.2 Å². The molecule has 0 bridgehead atoms. The molecule has 1 aromatic carbocycles. The van der Waals surface area contributed by atoms with Gasteiger partial charge in [0, 0.05) is 30.6 Å². The van der Waals surface area contributed by atoms with Gasteiger partial charge >= 0.3 is 0 Å². The van der Waals surface area contributed by atoms with Gasteiger partial charge in [0.05, 0.1) is 12.6 Å². The highest BCUT2D eigenvalue weighted by atomic mass is 32.2. The molecule has 0 aromatic heterocycles. The van der Waals surface area contributed by atoms with Gasteiger partial charge in [-0.1, -0.05) is 19.1 Å². The Hall–Kier alpha value is -1.36. The summed E-state index contributed by atoms with van der Waals surface area (Å²) in [5.41, 5.74) is 2.65. The molecule has 4 nitrogen and oxygen atoms in total. The second-order valence-electron chi connectivity index (χ2n) is 6.42. The van der Waals surface area contributed by atoms with E-state index in [4.69, 9.17) is 4.99 Å². The first kappa shape index (κ1) is 19.0. The highest BCUT2D eigenvalue weighted by molar-refractivity contribution is 7.99. The van der Waals surface area contributed by atoms with Gasteiger partial charge in [-0.2, -0.15) is 11.8 Å². The maximum Gasteiger partial charge on any atom is 0.191 e. The summed E-state index contributed by atoms with van der Waals surface area (Å²) < 4.78 is 0. The van der Waals surface area contributed by atoms with Crippen LogP contribution in [-0.4, -0.2) is 43.6 Å². The minimum absolute atomic E-state index is 0.231. The Kier molecular flexibility index (Phi) is 7.76. The van der Waals surface area contributed by atoms with E-state index in [0.29, 0.717) is 5.25 Å². The SMILES string of the molecule is CCNC(=NCC(C)SC)NC(C)c1cccc(N2CCCC2)c1. The van der Waals surface area contributed by atoms with E-state index in [1.807, 2.05) is 11.8 Å². The Bertz CT molecular complexity index is 526. The molecule has 1 aliphatic heterocycles. The van der Waals surface area contributed by atoms with Crippen LogP contribution in [0.2, 0.25) is 0 Å². The predicted octanol–water partition coefficient (Wildman–Crippen LogP) is 3.65. The zero-order chi connectivity index (χ0) is 17.4. The van der Waals surface area contributed by atoms with Crippen LogP contribution < -0.4 is 15.5 Å². The minimum Gasteiger partial charge on any atom is -0.372 e. The molecule has 5 heteroatoms. The van der Waals surface area contributed by atoms with E-state index in [-0.39, 0.29) is 6.04 Å². The average Bonchev–Trinajstić information content (AvgIpc) is 3.14. The fraction of sp³-hybridized carbons (Fsp3) is 0.632. The van der Waals surface area contributed by atoms with E-state index in [2.05, 4.69) is 66.8 Å². The third-order valence-corrected chi connectivity index (χ3v) is 5.40. The van der Waals surface area contributed by atoms with Crippen molar-refractivity contribution in [1.29, 1.82) is 0 Å². The largest absolute Gasteiger partial charge is 0.372 e. The third kappa shape index (κ3) is 5.62. The van der Waals surface area contributed by atoms with E-state index in [1.54, 1.807) is 0 Å². The van der Waals surface area contributed by atoms with Crippen LogP contribution in [0.3, 0.4) is 0 Å². The molecule has 2 atom stereocenters. The summed E-state index contributed by atoms with van der Waals surface area (Å²) in [6.07, 6.45) is 4.75. The van der Waals surface area contributed by atoms with Crippen LogP contribution in [0.1, 0.15) is 45.2 Å². The minimum atomic E-state index is 0.231. The molecule has 1 aliphatic rings. The maximum atomic E-state index is 4.71. The summed E-state index contributed by atoms with van der Waals surface area (Å²) >= 11 is 1.85. The summed E-state index contributed by atoms with van der Waals surface area (Å²) in [5, 5.41) is 7.43. The summed E-state index contributed by atoms with van der Waals surface area (Å²) in [5.74, 6) is 0.900. The first-order chi connectivity index (χ1) is 11.6. The second-order valence-corrected chi connectivity index (χ2v) is 7.70. The lowest BCUT2D eigenvalue weighted by atomic mass is 10.1. The van der Waals surface area contributed by atoms with Gasteiger partial charge in [-0.25, -0.2) is 0 Å². The monoisotopic (exact) mass is 348 g/mol. The topological polar surface area (TPSA) is 39.7 Å². The maximum absolute atomic E-state index is 4.71. The molecule has 0 radical (unpaired) electrons. The molecular formula is C19H32N4S. The van der Waals surface area contributed by atoms with Crippen molar-refractivity contribution in [2.75, 3.05) is 37.3 Å². The Morgan fingerprint density at radius 2 is 2.04 bits per heavy atom. The van der Waals surface area contributed by atoms with Crippen molar-refractivity contribution in [3.63, 3.8) is 0 Å². The molecule has 1 saturated heterocycles.